The molecule has 0 saturated heterocycles. The van der Waals surface area contributed by atoms with Crippen LogP contribution in [0.5, 0.6) is 0 Å². The molecule has 24 heavy (non-hydrogen) atoms. The van der Waals surface area contributed by atoms with Crippen molar-refractivity contribution in [2.75, 3.05) is 12.0 Å². The summed E-state index contributed by atoms with van der Waals surface area (Å²) in [5.41, 5.74) is 1.12. The zero-order valence-corrected chi connectivity index (χ0v) is 17.0. The Kier molecular flexibility index (Phi) is 6.10. The van der Waals surface area contributed by atoms with E-state index >= 15 is 0 Å². The molecule has 2 aromatic heterocycles. The lowest BCUT2D eigenvalue weighted by atomic mass is 10.3. The standard InChI is InChI=1S/C17H15BrN2OS3/c1-22-10-8-20-14-6-4-12(18)11-15(14)24-17(20)19-16(21)7-5-13-3-2-9-23-13/h2-7,9,11H,8,10H2,1H3/b7-5+,19-17?. The molecule has 3 nitrogen and oxygen atoms in total. The minimum atomic E-state index is -0.230. The van der Waals surface area contributed by atoms with Crippen molar-refractivity contribution in [3.8, 4) is 0 Å². The maximum absolute atomic E-state index is 12.2. The first-order valence-corrected chi connectivity index (χ1v) is 11.1. The van der Waals surface area contributed by atoms with Gasteiger partial charge >= 0.3 is 0 Å². The van der Waals surface area contributed by atoms with Crippen molar-refractivity contribution in [1.82, 2.24) is 4.57 Å². The van der Waals surface area contributed by atoms with Crippen LogP contribution in [0.15, 0.2) is 51.3 Å². The molecule has 1 amide bonds. The molecule has 0 N–H and O–H groups in total. The number of thiophene rings is 1. The van der Waals surface area contributed by atoms with E-state index in [0.717, 1.165) is 36.7 Å². The number of aryl methyl sites for hydroxylation is 1. The van der Waals surface area contributed by atoms with Crippen molar-refractivity contribution in [3.05, 3.63) is 55.9 Å². The lowest BCUT2D eigenvalue weighted by Crippen LogP contribution is -2.17. The number of halogens is 1. The summed E-state index contributed by atoms with van der Waals surface area (Å²) in [5, 5.41) is 1.99. The predicted molar refractivity (Wildman–Crippen MR) is 110 cm³/mol. The molecule has 3 aromatic rings. The van der Waals surface area contributed by atoms with Crippen molar-refractivity contribution < 1.29 is 4.79 Å². The molecule has 0 radical (unpaired) electrons. The largest absolute Gasteiger partial charge is 0.316 e. The summed E-state index contributed by atoms with van der Waals surface area (Å²) in [7, 11) is 0. The Balaban J connectivity index is 1.98. The highest BCUT2D eigenvalue weighted by Gasteiger charge is 2.07. The van der Waals surface area contributed by atoms with E-state index in [0.29, 0.717) is 0 Å². The van der Waals surface area contributed by atoms with Gasteiger partial charge in [-0.1, -0.05) is 33.3 Å². The molecule has 2 heterocycles. The number of carbonyl (C=O) groups excluding carboxylic acids is 1. The molecule has 0 bridgehead atoms. The summed E-state index contributed by atoms with van der Waals surface area (Å²) in [6.07, 6.45) is 5.43. The molecular weight excluding hydrogens is 424 g/mol. The summed E-state index contributed by atoms with van der Waals surface area (Å²) in [4.78, 5) is 18.3. The zero-order chi connectivity index (χ0) is 16.9. The number of fused-ring (bicyclic) bond motifs is 1. The lowest BCUT2D eigenvalue weighted by Gasteiger charge is -2.03. The van der Waals surface area contributed by atoms with Crippen LogP contribution in [0.1, 0.15) is 4.88 Å². The third-order valence-corrected chi connectivity index (χ3v) is 6.27. The van der Waals surface area contributed by atoms with E-state index in [-0.39, 0.29) is 5.91 Å². The Hall–Kier alpha value is -1.15. The van der Waals surface area contributed by atoms with Gasteiger partial charge in [-0.15, -0.1) is 11.3 Å². The van der Waals surface area contributed by atoms with E-state index in [1.54, 1.807) is 34.4 Å². The first-order valence-electron chi connectivity index (χ1n) is 7.25. The highest BCUT2D eigenvalue weighted by molar-refractivity contribution is 9.10. The fourth-order valence-corrected chi connectivity index (χ4v) is 4.80. The second-order valence-electron chi connectivity index (χ2n) is 4.94. The SMILES string of the molecule is CSCCn1c(=NC(=O)/C=C/c2cccs2)sc2cc(Br)ccc21. The smallest absolute Gasteiger partial charge is 0.272 e. The Labute approximate surface area is 160 Å². The van der Waals surface area contributed by atoms with E-state index in [4.69, 9.17) is 0 Å². The van der Waals surface area contributed by atoms with Gasteiger partial charge in [0, 0.05) is 27.7 Å². The number of hydrogen-bond acceptors (Lipinski definition) is 4. The fourth-order valence-electron chi connectivity index (χ4n) is 2.20. The number of benzene rings is 1. The first kappa shape index (κ1) is 17.7. The second-order valence-corrected chi connectivity index (χ2v) is 8.83. The van der Waals surface area contributed by atoms with Gasteiger partial charge in [0.15, 0.2) is 4.80 Å². The van der Waals surface area contributed by atoms with Crippen LogP contribution >= 0.6 is 50.4 Å². The number of amides is 1. The van der Waals surface area contributed by atoms with Gasteiger partial charge in [0.1, 0.15) is 0 Å². The van der Waals surface area contributed by atoms with Crippen LogP contribution in [0.25, 0.3) is 16.3 Å². The van der Waals surface area contributed by atoms with E-state index in [9.17, 15) is 4.79 Å². The van der Waals surface area contributed by atoms with Crippen molar-refractivity contribution in [2.24, 2.45) is 4.99 Å². The normalized spacial score (nSPS) is 12.5. The summed E-state index contributed by atoms with van der Waals surface area (Å²) >= 11 is 8.43. The van der Waals surface area contributed by atoms with E-state index < -0.39 is 0 Å². The van der Waals surface area contributed by atoms with E-state index in [2.05, 4.69) is 43.9 Å². The minimum absolute atomic E-state index is 0.230. The molecule has 0 aliphatic rings. The predicted octanol–water partition coefficient (Wildman–Crippen LogP) is 5.03. The monoisotopic (exact) mass is 438 g/mol. The maximum Gasteiger partial charge on any atom is 0.272 e. The molecule has 0 unspecified atom stereocenters. The maximum atomic E-state index is 12.2. The van der Waals surface area contributed by atoms with Gasteiger partial charge in [-0.3, -0.25) is 4.79 Å². The molecule has 7 heteroatoms. The lowest BCUT2D eigenvalue weighted by molar-refractivity contribution is -0.113. The number of rotatable bonds is 5. The summed E-state index contributed by atoms with van der Waals surface area (Å²) in [5.74, 6) is 0.751. The third-order valence-electron chi connectivity index (χ3n) is 3.30. The topological polar surface area (TPSA) is 34.4 Å². The van der Waals surface area contributed by atoms with Crippen molar-refractivity contribution >= 4 is 72.6 Å². The van der Waals surface area contributed by atoms with E-state index in [1.807, 2.05) is 29.7 Å². The average Bonchev–Trinajstić information content (AvgIpc) is 3.18. The van der Waals surface area contributed by atoms with Crippen molar-refractivity contribution in [1.29, 1.82) is 0 Å². The van der Waals surface area contributed by atoms with Gasteiger partial charge < -0.3 is 4.57 Å². The van der Waals surface area contributed by atoms with Gasteiger partial charge in [0.2, 0.25) is 0 Å². The Bertz CT molecular complexity index is 939. The third kappa shape index (κ3) is 4.27. The number of carbonyl (C=O) groups is 1. The summed E-state index contributed by atoms with van der Waals surface area (Å²) < 4.78 is 4.28. The molecule has 0 atom stereocenters. The first-order chi connectivity index (χ1) is 11.7. The van der Waals surface area contributed by atoms with Gasteiger partial charge in [-0.25, -0.2) is 0 Å². The molecule has 0 aliphatic carbocycles. The van der Waals surface area contributed by atoms with Gasteiger partial charge in [-0.2, -0.15) is 16.8 Å². The van der Waals surface area contributed by atoms with Crippen LogP contribution in [-0.2, 0) is 11.3 Å². The molecule has 124 valence electrons. The summed E-state index contributed by atoms with van der Waals surface area (Å²) in [6.45, 7) is 0.837. The highest BCUT2D eigenvalue weighted by atomic mass is 79.9. The molecule has 3 rings (SSSR count). The van der Waals surface area contributed by atoms with Crippen LogP contribution in [0.3, 0.4) is 0 Å². The highest BCUT2D eigenvalue weighted by Crippen LogP contribution is 2.22. The Morgan fingerprint density at radius 3 is 3.04 bits per heavy atom. The number of nitrogens with zero attached hydrogens (tertiary/aromatic N) is 2. The van der Waals surface area contributed by atoms with Crippen molar-refractivity contribution in [2.45, 2.75) is 6.54 Å². The quantitative estimate of drug-likeness (QED) is 0.523. The van der Waals surface area contributed by atoms with E-state index in [1.165, 1.54) is 6.08 Å². The van der Waals surface area contributed by atoms with Crippen LogP contribution in [0, 0.1) is 0 Å². The van der Waals surface area contributed by atoms with Gasteiger partial charge in [-0.05, 0) is 42.0 Å². The van der Waals surface area contributed by atoms with Crippen LogP contribution < -0.4 is 4.80 Å². The Morgan fingerprint density at radius 2 is 2.29 bits per heavy atom. The van der Waals surface area contributed by atoms with Gasteiger partial charge in [0.25, 0.3) is 5.91 Å². The molecular formula is C17H15BrN2OS3. The number of hydrogen-bond donors (Lipinski definition) is 0. The van der Waals surface area contributed by atoms with Crippen molar-refractivity contribution in [3.63, 3.8) is 0 Å². The fraction of sp³-hybridized carbons (Fsp3) is 0.176. The number of thioether (sulfide) groups is 1. The zero-order valence-electron chi connectivity index (χ0n) is 12.9. The Morgan fingerprint density at radius 1 is 1.42 bits per heavy atom. The average molecular weight is 439 g/mol. The molecule has 0 spiro atoms. The second kappa shape index (κ2) is 8.29. The minimum Gasteiger partial charge on any atom is -0.316 e. The van der Waals surface area contributed by atoms with Crippen LogP contribution in [-0.4, -0.2) is 22.5 Å². The van der Waals surface area contributed by atoms with Crippen LogP contribution in [0.4, 0.5) is 0 Å². The number of aromatic nitrogens is 1. The molecule has 0 saturated carbocycles. The molecule has 0 aliphatic heterocycles. The summed E-state index contributed by atoms with van der Waals surface area (Å²) in [6, 6.07) is 10.1. The number of thiazole rings is 1. The van der Waals surface area contributed by atoms with Crippen LogP contribution in [0.2, 0.25) is 0 Å². The van der Waals surface area contributed by atoms with Gasteiger partial charge in [0.05, 0.1) is 10.2 Å². The molecule has 0 fully saturated rings. The molecule has 1 aromatic carbocycles.